The molecular formula is C16H18FNO. The van der Waals surface area contributed by atoms with Crippen molar-refractivity contribution in [3.63, 3.8) is 0 Å². The molecule has 100 valence electrons. The average molecular weight is 259 g/mol. The molecule has 2 rings (SSSR count). The van der Waals surface area contributed by atoms with Crippen molar-refractivity contribution >= 4 is 0 Å². The number of hydrogen-bond acceptors (Lipinski definition) is 2. The van der Waals surface area contributed by atoms with Gasteiger partial charge in [-0.1, -0.05) is 48.5 Å². The molecule has 1 atom stereocenters. The summed E-state index contributed by atoms with van der Waals surface area (Å²) in [7, 11) is 0. The number of benzene rings is 2. The van der Waals surface area contributed by atoms with Crippen LogP contribution in [-0.4, -0.2) is 18.3 Å². The molecular weight excluding hydrogens is 241 g/mol. The van der Waals surface area contributed by atoms with Gasteiger partial charge in [0.1, 0.15) is 5.82 Å². The molecule has 0 amide bonds. The topological polar surface area (TPSA) is 32.3 Å². The maximum absolute atomic E-state index is 13.9. The summed E-state index contributed by atoms with van der Waals surface area (Å²) in [4.78, 5) is 0. The maximum atomic E-state index is 13.9. The molecule has 2 N–H and O–H groups in total. The lowest BCUT2D eigenvalue weighted by molar-refractivity contribution is 0.283. The van der Waals surface area contributed by atoms with Crippen molar-refractivity contribution in [1.29, 1.82) is 0 Å². The minimum absolute atomic E-state index is 0.0414. The summed E-state index contributed by atoms with van der Waals surface area (Å²) in [5, 5.41) is 12.1. The summed E-state index contributed by atoms with van der Waals surface area (Å²) in [6.45, 7) is 0.492. The van der Waals surface area contributed by atoms with Crippen LogP contribution in [0.5, 0.6) is 0 Å². The Morgan fingerprint density at radius 3 is 2.37 bits per heavy atom. The van der Waals surface area contributed by atoms with Crippen LogP contribution >= 0.6 is 0 Å². The third-order valence-corrected chi connectivity index (χ3v) is 3.07. The Labute approximate surface area is 112 Å². The summed E-state index contributed by atoms with van der Waals surface area (Å²) in [5.41, 5.74) is 1.78. The molecule has 0 spiro atoms. The van der Waals surface area contributed by atoms with Crippen molar-refractivity contribution in [2.24, 2.45) is 0 Å². The normalized spacial score (nSPS) is 12.3. The Morgan fingerprint density at radius 1 is 1.00 bits per heavy atom. The molecule has 2 nitrogen and oxygen atoms in total. The summed E-state index contributed by atoms with van der Waals surface area (Å²) in [6, 6.07) is 16.6. The molecule has 0 aromatic heterocycles. The molecule has 0 aliphatic heterocycles. The number of rotatable bonds is 6. The maximum Gasteiger partial charge on any atom is 0.127 e. The second-order valence-corrected chi connectivity index (χ2v) is 4.44. The molecule has 0 fully saturated rings. The van der Waals surface area contributed by atoms with Crippen molar-refractivity contribution in [1.82, 2.24) is 5.32 Å². The van der Waals surface area contributed by atoms with Crippen LogP contribution in [-0.2, 0) is 6.42 Å². The Balaban J connectivity index is 2.19. The van der Waals surface area contributed by atoms with E-state index in [1.165, 1.54) is 6.07 Å². The van der Waals surface area contributed by atoms with Gasteiger partial charge in [0.2, 0.25) is 0 Å². The largest absolute Gasteiger partial charge is 0.395 e. The molecule has 0 saturated heterocycles. The molecule has 0 heterocycles. The molecule has 0 bridgehead atoms. The standard InChI is InChI=1S/C16H18FNO/c17-15-9-5-4-8-14(15)16(18-10-11-19)12-13-6-2-1-3-7-13/h1-9,16,18-19H,10-12H2. The monoisotopic (exact) mass is 259 g/mol. The Morgan fingerprint density at radius 2 is 1.68 bits per heavy atom. The fraction of sp³-hybridized carbons (Fsp3) is 0.250. The highest BCUT2D eigenvalue weighted by atomic mass is 19.1. The number of aliphatic hydroxyl groups is 1. The van der Waals surface area contributed by atoms with Crippen molar-refractivity contribution < 1.29 is 9.50 Å². The van der Waals surface area contributed by atoms with E-state index in [9.17, 15) is 4.39 Å². The molecule has 19 heavy (non-hydrogen) atoms. The number of nitrogens with one attached hydrogen (secondary N) is 1. The van der Waals surface area contributed by atoms with Gasteiger partial charge in [-0.25, -0.2) is 4.39 Å². The van der Waals surface area contributed by atoms with Crippen LogP contribution in [0.1, 0.15) is 17.2 Å². The number of halogens is 1. The highest BCUT2D eigenvalue weighted by Gasteiger charge is 2.15. The Hall–Kier alpha value is -1.71. The first-order valence-electron chi connectivity index (χ1n) is 6.44. The molecule has 0 aliphatic carbocycles. The predicted octanol–water partition coefficient (Wildman–Crippen LogP) is 2.69. The highest BCUT2D eigenvalue weighted by molar-refractivity contribution is 5.25. The van der Waals surface area contributed by atoms with Crippen molar-refractivity contribution in [2.75, 3.05) is 13.2 Å². The number of aliphatic hydroxyl groups excluding tert-OH is 1. The van der Waals surface area contributed by atoms with E-state index in [0.717, 1.165) is 5.56 Å². The van der Waals surface area contributed by atoms with Gasteiger partial charge in [-0.05, 0) is 18.1 Å². The molecule has 0 aliphatic rings. The second kappa shape index (κ2) is 7.02. The van der Waals surface area contributed by atoms with Crippen LogP contribution in [0.15, 0.2) is 54.6 Å². The first kappa shape index (κ1) is 13.7. The van der Waals surface area contributed by atoms with Gasteiger partial charge in [0, 0.05) is 18.2 Å². The van der Waals surface area contributed by atoms with Gasteiger partial charge < -0.3 is 10.4 Å². The van der Waals surface area contributed by atoms with Gasteiger partial charge in [-0.3, -0.25) is 0 Å². The fourth-order valence-electron chi connectivity index (χ4n) is 2.14. The summed E-state index contributed by atoms with van der Waals surface area (Å²) in [5.74, 6) is -0.214. The van der Waals surface area contributed by atoms with Crippen LogP contribution in [0.3, 0.4) is 0 Å². The molecule has 2 aromatic rings. The van der Waals surface area contributed by atoms with E-state index in [-0.39, 0.29) is 18.5 Å². The third-order valence-electron chi connectivity index (χ3n) is 3.07. The van der Waals surface area contributed by atoms with Crippen LogP contribution in [0.4, 0.5) is 4.39 Å². The quantitative estimate of drug-likeness (QED) is 0.836. The third kappa shape index (κ3) is 3.88. The zero-order chi connectivity index (χ0) is 13.5. The van der Waals surface area contributed by atoms with Gasteiger partial charge in [0.15, 0.2) is 0 Å². The highest BCUT2D eigenvalue weighted by Crippen LogP contribution is 2.21. The Bertz CT molecular complexity index is 501. The van der Waals surface area contributed by atoms with Crippen LogP contribution in [0, 0.1) is 5.82 Å². The molecule has 1 unspecified atom stereocenters. The SMILES string of the molecule is OCCNC(Cc1ccccc1)c1ccccc1F. The molecule has 2 aromatic carbocycles. The summed E-state index contributed by atoms with van der Waals surface area (Å²) < 4.78 is 13.9. The first-order valence-corrected chi connectivity index (χ1v) is 6.44. The zero-order valence-corrected chi connectivity index (χ0v) is 10.7. The Kier molecular flexibility index (Phi) is 5.07. The smallest absolute Gasteiger partial charge is 0.127 e. The van der Waals surface area contributed by atoms with Gasteiger partial charge in [0.25, 0.3) is 0 Å². The van der Waals surface area contributed by atoms with Crippen LogP contribution in [0.2, 0.25) is 0 Å². The predicted molar refractivity (Wildman–Crippen MR) is 74.4 cm³/mol. The lowest BCUT2D eigenvalue weighted by Crippen LogP contribution is -2.27. The zero-order valence-electron chi connectivity index (χ0n) is 10.7. The van der Waals surface area contributed by atoms with E-state index in [1.807, 2.05) is 36.4 Å². The van der Waals surface area contributed by atoms with Crippen molar-refractivity contribution in [3.05, 3.63) is 71.5 Å². The van der Waals surface area contributed by atoms with Crippen LogP contribution in [0.25, 0.3) is 0 Å². The van der Waals surface area contributed by atoms with Crippen molar-refractivity contribution in [3.8, 4) is 0 Å². The average Bonchev–Trinajstić information content (AvgIpc) is 2.45. The van der Waals surface area contributed by atoms with Gasteiger partial charge in [-0.2, -0.15) is 0 Å². The van der Waals surface area contributed by atoms with E-state index < -0.39 is 0 Å². The lowest BCUT2D eigenvalue weighted by atomic mass is 9.98. The molecule has 3 heteroatoms. The molecule has 0 saturated carbocycles. The van der Waals surface area contributed by atoms with Gasteiger partial charge in [-0.15, -0.1) is 0 Å². The number of hydrogen-bond donors (Lipinski definition) is 2. The van der Waals surface area contributed by atoms with E-state index >= 15 is 0 Å². The second-order valence-electron chi connectivity index (χ2n) is 4.44. The van der Waals surface area contributed by atoms with E-state index in [0.29, 0.717) is 18.5 Å². The van der Waals surface area contributed by atoms with E-state index in [2.05, 4.69) is 5.32 Å². The molecule has 0 radical (unpaired) electrons. The van der Waals surface area contributed by atoms with Gasteiger partial charge in [0.05, 0.1) is 6.61 Å². The minimum atomic E-state index is -0.214. The van der Waals surface area contributed by atoms with Gasteiger partial charge >= 0.3 is 0 Å². The minimum Gasteiger partial charge on any atom is -0.395 e. The first-order chi connectivity index (χ1) is 9.31. The van der Waals surface area contributed by atoms with Crippen molar-refractivity contribution in [2.45, 2.75) is 12.5 Å². The fourth-order valence-corrected chi connectivity index (χ4v) is 2.14. The summed E-state index contributed by atoms with van der Waals surface area (Å²) in [6.07, 6.45) is 0.696. The summed E-state index contributed by atoms with van der Waals surface area (Å²) >= 11 is 0. The van der Waals surface area contributed by atoms with E-state index in [4.69, 9.17) is 5.11 Å². The van der Waals surface area contributed by atoms with Crippen LogP contribution < -0.4 is 5.32 Å². The van der Waals surface area contributed by atoms with E-state index in [1.54, 1.807) is 12.1 Å². The lowest BCUT2D eigenvalue weighted by Gasteiger charge is -2.19.